The van der Waals surface area contributed by atoms with Crippen molar-refractivity contribution in [2.24, 2.45) is 5.92 Å². The minimum Gasteiger partial charge on any atom is -0.338 e. The van der Waals surface area contributed by atoms with Crippen LogP contribution in [0.4, 0.5) is 0 Å². The Morgan fingerprint density at radius 3 is 2.95 bits per heavy atom. The van der Waals surface area contributed by atoms with Gasteiger partial charge in [0.15, 0.2) is 0 Å². The van der Waals surface area contributed by atoms with Crippen molar-refractivity contribution in [3.63, 3.8) is 0 Å². The number of hydrogen-bond acceptors (Lipinski definition) is 2. The first kappa shape index (κ1) is 16.5. The number of benzene rings is 1. The smallest absolute Gasteiger partial charge is 0.254 e. The molecule has 116 valence electrons. The lowest BCUT2D eigenvalue weighted by atomic mass is 9.98. The molecule has 0 bridgehead atoms. The van der Waals surface area contributed by atoms with Crippen molar-refractivity contribution in [1.29, 1.82) is 0 Å². The number of carbonyl (C=O) groups excluding carboxylic acids is 1. The topological polar surface area (TPSA) is 32.3 Å². The molecule has 0 aromatic heterocycles. The Morgan fingerprint density at radius 2 is 2.29 bits per heavy atom. The van der Waals surface area contributed by atoms with Crippen molar-refractivity contribution in [1.82, 2.24) is 10.2 Å². The van der Waals surface area contributed by atoms with Crippen LogP contribution in [0.3, 0.4) is 0 Å². The van der Waals surface area contributed by atoms with Gasteiger partial charge in [0.1, 0.15) is 0 Å². The van der Waals surface area contributed by atoms with Gasteiger partial charge in [0.25, 0.3) is 5.91 Å². The van der Waals surface area contributed by atoms with E-state index >= 15 is 0 Å². The number of hydrogen-bond donors (Lipinski definition) is 1. The molecule has 3 nitrogen and oxygen atoms in total. The molecule has 1 heterocycles. The highest BCUT2D eigenvalue weighted by Gasteiger charge is 2.22. The summed E-state index contributed by atoms with van der Waals surface area (Å²) in [7, 11) is 0. The van der Waals surface area contributed by atoms with Gasteiger partial charge in [-0.25, -0.2) is 0 Å². The van der Waals surface area contributed by atoms with E-state index in [0.29, 0.717) is 5.92 Å². The Kier molecular flexibility index (Phi) is 6.24. The van der Waals surface area contributed by atoms with Crippen LogP contribution in [0, 0.1) is 12.8 Å². The van der Waals surface area contributed by atoms with Gasteiger partial charge in [0, 0.05) is 23.1 Å². The third-order valence-electron chi connectivity index (χ3n) is 4.09. The highest BCUT2D eigenvalue weighted by Crippen LogP contribution is 2.20. The van der Waals surface area contributed by atoms with Crippen molar-refractivity contribution >= 4 is 21.8 Å². The van der Waals surface area contributed by atoms with Crippen LogP contribution < -0.4 is 5.32 Å². The summed E-state index contributed by atoms with van der Waals surface area (Å²) < 4.78 is 0.965. The molecule has 1 amide bonds. The third kappa shape index (κ3) is 4.55. The molecular weight excluding hydrogens is 328 g/mol. The summed E-state index contributed by atoms with van der Waals surface area (Å²) in [5, 5.41) is 3.44. The van der Waals surface area contributed by atoms with Crippen LogP contribution in [0.25, 0.3) is 0 Å². The molecule has 1 atom stereocenters. The molecule has 2 rings (SSSR count). The molecule has 21 heavy (non-hydrogen) atoms. The molecule has 1 unspecified atom stereocenters. The maximum absolute atomic E-state index is 12.9. The Bertz CT molecular complexity index is 484. The highest BCUT2D eigenvalue weighted by molar-refractivity contribution is 9.10. The average molecular weight is 353 g/mol. The molecule has 0 saturated carbocycles. The summed E-state index contributed by atoms with van der Waals surface area (Å²) in [4.78, 5) is 14.9. The maximum Gasteiger partial charge on any atom is 0.254 e. The standard InChI is InChI=1S/C17H25BrN2O/c1-3-9-20(12-14-5-4-8-19-11-14)17(21)16-10-15(18)7-6-13(16)2/h6-7,10,14,19H,3-5,8-9,11-12H2,1-2H3. The van der Waals surface area contributed by atoms with Crippen molar-refractivity contribution in [2.75, 3.05) is 26.2 Å². The second kappa shape index (κ2) is 7.95. The van der Waals surface area contributed by atoms with Crippen LogP contribution >= 0.6 is 15.9 Å². The summed E-state index contributed by atoms with van der Waals surface area (Å²) in [6.07, 6.45) is 3.44. The van der Waals surface area contributed by atoms with Crippen LogP contribution in [-0.2, 0) is 0 Å². The lowest BCUT2D eigenvalue weighted by molar-refractivity contribution is 0.0718. The molecule has 1 aliphatic rings. The van der Waals surface area contributed by atoms with Crippen molar-refractivity contribution < 1.29 is 4.79 Å². The number of nitrogens with zero attached hydrogens (tertiary/aromatic N) is 1. The van der Waals surface area contributed by atoms with Crippen molar-refractivity contribution in [2.45, 2.75) is 33.1 Å². The number of aryl methyl sites for hydroxylation is 1. The fourth-order valence-electron chi connectivity index (χ4n) is 2.93. The Morgan fingerprint density at radius 1 is 1.48 bits per heavy atom. The Balaban J connectivity index is 2.12. The zero-order valence-electron chi connectivity index (χ0n) is 13.0. The average Bonchev–Trinajstić information content (AvgIpc) is 2.49. The monoisotopic (exact) mass is 352 g/mol. The number of rotatable bonds is 5. The number of nitrogens with one attached hydrogen (secondary N) is 1. The predicted octanol–water partition coefficient (Wildman–Crippen LogP) is 3.61. The van der Waals surface area contributed by atoms with Gasteiger partial charge in [-0.2, -0.15) is 0 Å². The molecule has 1 saturated heterocycles. The van der Waals surface area contributed by atoms with Gasteiger partial charge in [-0.3, -0.25) is 4.79 Å². The van der Waals surface area contributed by atoms with E-state index in [-0.39, 0.29) is 5.91 Å². The fourth-order valence-corrected chi connectivity index (χ4v) is 3.29. The van der Waals surface area contributed by atoms with Crippen LogP contribution in [0.5, 0.6) is 0 Å². The highest BCUT2D eigenvalue weighted by atomic mass is 79.9. The largest absolute Gasteiger partial charge is 0.338 e. The summed E-state index contributed by atoms with van der Waals surface area (Å²) in [5.74, 6) is 0.753. The van der Waals surface area contributed by atoms with Gasteiger partial charge in [0.2, 0.25) is 0 Å². The summed E-state index contributed by atoms with van der Waals surface area (Å²) in [5.41, 5.74) is 1.87. The zero-order valence-corrected chi connectivity index (χ0v) is 14.6. The molecule has 1 N–H and O–H groups in total. The first-order valence-corrected chi connectivity index (χ1v) is 8.67. The lowest BCUT2D eigenvalue weighted by Gasteiger charge is -2.30. The van der Waals surface area contributed by atoms with Crippen molar-refractivity contribution in [3.05, 3.63) is 33.8 Å². The quantitative estimate of drug-likeness (QED) is 0.877. The van der Waals surface area contributed by atoms with Gasteiger partial charge in [-0.15, -0.1) is 0 Å². The molecule has 0 radical (unpaired) electrons. The SMILES string of the molecule is CCCN(CC1CCCNC1)C(=O)c1cc(Br)ccc1C. The second-order valence-electron chi connectivity index (χ2n) is 5.92. The van der Waals surface area contributed by atoms with E-state index in [1.165, 1.54) is 12.8 Å². The van der Waals surface area contributed by atoms with E-state index in [2.05, 4.69) is 28.2 Å². The van der Waals surface area contributed by atoms with Gasteiger partial charge >= 0.3 is 0 Å². The van der Waals surface area contributed by atoms with E-state index in [1.54, 1.807) is 0 Å². The molecule has 4 heteroatoms. The summed E-state index contributed by atoms with van der Waals surface area (Å²) >= 11 is 3.47. The fraction of sp³-hybridized carbons (Fsp3) is 0.588. The number of amides is 1. The maximum atomic E-state index is 12.9. The van der Waals surface area contributed by atoms with Crippen LogP contribution in [0.2, 0.25) is 0 Å². The number of carbonyl (C=O) groups is 1. The van der Waals surface area contributed by atoms with Crippen LogP contribution in [0.15, 0.2) is 22.7 Å². The van der Waals surface area contributed by atoms with Gasteiger partial charge in [-0.1, -0.05) is 28.9 Å². The molecule has 0 aliphatic carbocycles. The van der Waals surface area contributed by atoms with E-state index in [4.69, 9.17) is 0 Å². The first-order valence-electron chi connectivity index (χ1n) is 7.88. The number of halogens is 1. The van der Waals surface area contributed by atoms with Crippen LogP contribution in [-0.4, -0.2) is 37.0 Å². The van der Waals surface area contributed by atoms with Crippen LogP contribution in [0.1, 0.15) is 42.1 Å². The van der Waals surface area contributed by atoms with Gasteiger partial charge < -0.3 is 10.2 Å². The molecule has 1 aliphatic heterocycles. The predicted molar refractivity (Wildman–Crippen MR) is 90.7 cm³/mol. The normalized spacial score (nSPS) is 18.5. The first-order chi connectivity index (χ1) is 10.1. The van der Waals surface area contributed by atoms with E-state index in [1.807, 2.05) is 30.0 Å². The molecule has 1 aromatic carbocycles. The summed E-state index contributed by atoms with van der Waals surface area (Å²) in [6, 6.07) is 5.93. The third-order valence-corrected chi connectivity index (χ3v) is 4.58. The Labute approximate surface area is 136 Å². The number of piperidine rings is 1. The van der Waals surface area contributed by atoms with E-state index < -0.39 is 0 Å². The second-order valence-corrected chi connectivity index (χ2v) is 6.84. The molecule has 1 aromatic rings. The molecular formula is C17H25BrN2O. The van der Waals surface area contributed by atoms with Gasteiger partial charge in [0.05, 0.1) is 0 Å². The molecule has 1 fully saturated rings. The lowest BCUT2D eigenvalue weighted by Crippen LogP contribution is -2.41. The molecule has 0 spiro atoms. The Hall–Kier alpha value is -0.870. The summed E-state index contributed by atoms with van der Waals surface area (Å²) in [6.45, 7) is 7.99. The van der Waals surface area contributed by atoms with E-state index in [0.717, 1.165) is 48.2 Å². The zero-order chi connectivity index (χ0) is 15.2. The minimum atomic E-state index is 0.168. The van der Waals surface area contributed by atoms with Gasteiger partial charge in [-0.05, 0) is 62.9 Å². The van der Waals surface area contributed by atoms with Crippen molar-refractivity contribution in [3.8, 4) is 0 Å². The minimum absolute atomic E-state index is 0.168. The van der Waals surface area contributed by atoms with E-state index in [9.17, 15) is 4.79 Å².